The molecule has 0 bridgehead atoms. The lowest BCUT2D eigenvalue weighted by Crippen LogP contribution is -1.98. The van der Waals surface area contributed by atoms with Gasteiger partial charge in [0, 0.05) is 24.1 Å². The third-order valence-electron chi connectivity index (χ3n) is 3.80. The maximum absolute atomic E-state index is 9.59. The Kier molecular flexibility index (Phi) is 10.3. The van der Waals surface area contributed by atoms with Crippen LogP contribution >= 0.6 is 11.3 Å². The number of carbonyl (C=O) groups excluding carboxylic acids is 1. The molecule has 1 aromatic rings. The maximum Gasteiger partial charge on any atom is 0.302 e. The van der Waals surface area contributed by atoms with Crippen molar-refractivity contribution in [3.63, 3.8) is 0 Å². The van der Waals surface area contributed by atoms with Gasteiger partial charge in [-0.05, 0) is 18.1 Å². The molecule has 0 saturated heterocycles. The summed E-state index contributed by atoms with van der Waals surface area (Å²) in [4.78, 5) is 14.3. The highest BCUT2D eigenvalue weighted by Crippen LogP contribution is 2.26. The molecule has 2 atom stereocenters. The molecule has 26 heavy (non-hydrogen) atoms. The van der Waals surface area contributed by atoms with Gasteiger partial charge in [-0.25, -0.2) is 4.98 Å². The summed E-state index contributed by atoms with van der Waals surface area (Å²) in [5.74, 6) is 0.571. The quantitative estimate of drug-likeness (QED) is 0.486. The van der Waals surface area contributed by atoms with E-state index >= 15 is 0 Å². The molecular formula is C21H29NO3S. The summed E-state index contributed by atoms with van der Waals surface area (Å²) in [5, 5.41) is 3.38. The van der Waals surface area contributed by atoms with Gasteiger partial charge in [0.15, 0.2) is 0 Å². The predicted molar refractivity (Wildman–Crippen MR) is 109 cm³/mol. The number of hydrogen-bond donors (Lipinski definition) is 0. The third kappa shape index (κ3) is 7.83. The summed E-state index contributed by atoms with van der Waals surface area (Å²) in [6.07, 6.45) is 16.8. The molecule has 0 radical (unpaired) electrons. The Bertz CT molecular complexity index is 671. The normalized spacial score (nSPS) is 18.5. The van der Waals surface area contributed by atoms with Crippen molar-refractivity contribution in [3.05, 3.63) is 58.3 Å². The van der Waals surface area contributed by atoms with Crippen molar-refractivity contribution in [2.45, 2.75) is 39.5 Å². The zero-order valence-electron chi connectivity index (χ0n) is 16.3. The van der Waals surface area contributed by atoms with E-state index in [1.54, 1.807) is 24.7 Å². The molecular weight excluding hydrogens is 346 g/mol. The molecule has 0 saturated carbocycles. The average Bonchev–Trinajstić information content (AvgIpc) is 3.11. The first-order valence-electron chi connectivity index (χ1n) is 8.77. The summed E-state index contributed by atoms with van der Waals surface area (Å²) < 4.78 is 9.24. The van der Waals surface area contributed by atoms with Gasteiger partial charge in [0.2, 0.25) is 0 Å². The van der Waals surface area contributed by atoms with Crippen LogP contribution in [0, 0.1) is 5.92 Å². The summed E-state index contributed by atoms with van der Waals surface area (Å²) in [6, 6.07) is 0. The minimum absolute atomic E-state index is 0.245. The molecule has 1 aromatic heterocycles. The van der Waals surface area contributed by atoms with Crippen molar-refractivity contribution in [3.8, 4) is 0 Å². The largest absolute Gasteiger partial charge is 0.504 e. The van der Waals surface area contributed by atoms with E-state index in [0.29, 0.717) is 5.92 Å². The second-order valence-electron chi connectivity index (χ2n) is 5.98. The SMILES string of the molecule is CCCC(C)c1nc(/C=C/C2C=CC=C/C2=C\OC)cs1.COC(C)=O. The summed E-state index contributed by atoms with van der Waals surface area (Å²) in [6.45, 7) is 5.83. The standard InChI is InChI=1S/C18H23NOS.C3H6O2/c1-4-7-14(2)18-19-17(13-21-18)11-10-15-8-5-6-9-16(15)12-20-3;1-3(4)5-2/h5-6,8-15H,4,7H2,1-3H3;1-2H3/b11-10+,16-12+;. The Balaban J connectivity index is 0.000000597. The highest BCUT2D eigenvalue weighted by Gasteiger charge is 2.10. The molecule has 142 valence electrons. The molecule has 0 spiro atoms. The first-order chi connectivity index (χ1) is 12.5. The average molecular weight is 376 g/mol. The molecule has 1 heterocycles. The topological polar surface area (TPSA) is 48.4 Å². The molecule has 1 aliphatic carbocycles. The van der Waals surface area contributed by atoms with E-state index in [2.05, 4.69) is 54.3 Å². The van der Waals surface area contributed by atoms with Crippen LogP contribution in [-0.2, 0) is 14.3 Å². The van der Waals surface area contributed by atoms with Gasteiger partial charge in [-0.2, -0.15) is 0 Å². The molecule has 0 aliphatic heterocycles. The van der Waals surface area contributed by atoms with Crippen LogP contribution in [0.2, 0.25) is 0 Å². The van der Waals surface area contributed by atoms with E-state index in [0.717, 1.165) is 11.3 Å². The van der Waals surface area contributed by atoms with Gasteiger partial charge in [0.25, 0.3) is 0 Å². The van der Waals surface area contributed by atoms with Gasteiger partial charge in [0.05, 0.1) is 31.2 Å². The van der Waals surface area contributed by atoms with Crippen molar-refractivity contribution < 1.29 is 14.3 Å². The lowest BCUT2D eigenvalue weighted by molar-refractivity contribution is -0.137. The summed E-state index contributed by atoms with van der Waals surface area (Å²) in [5.41, 5.74) is 2.21. The number of aromatic nitrogens is 1. The van der Waals surface area contributed by atoms with Crippen LogP contribution < -0.4 is 0 Å². The van der Waals surface area contributed by atoms with E-state index in [4.69, 9.17) is 9.72 Å². The van der Waals surface area contributed by atoms with E-state index < -0.39 is 0 Å². The smallest absolute Gasteiger partial charge is 0.302 e. The fraction of sp³-hybridized carbons (Fsp3) is 0.429. The van der Waals surface area contributed by atoms with E-state index in [1.165, 1.54) is 31.9 Å². The van der Waals surface area contributed by atoms with Crippen molar-refractivity contribution in [2.24, 2.45) is 5.92 Å². The fourth-order valence-electron chi connectivity index (χ4n) is 2.36. The monoisotopic (exact) mass is 375 g/mol. The highest BCUT2D eigenvalue weighted by atomic mass is 32.1. The third-order valence-corrected chi connectivity index (χ3v) is 4.90. The number of thiazole rings is 1. The van der Waals surface area contributed by atoms with Crippen molar-refractivity contribution in [1.29, 1.82) is 0 Å². The van der Waals surface area contributed by atoms with Gasteiger partial charge >= 0.3 is 5.97 Å². The second kappa shape index (κ2) is 12.3. The molecule has 0 N–H and O–H groups in total. The molecule has 0 aromatic carbocycles. The molecule has 5 heteroatoms. The Morgan fingerprint density at radius 2 is 2.12 bits per heavy atom. The second-order valence-corrected chi connectivity index (χ2v) is 6.87. The lowest BCUT2D eigenvalue weighted by atomic mass is 9.95. The van der Waals surface area contributed by atoms with Gasteiger partial charge in [-0.15, -0.1) is 11.3 Å². The minimum atomic E-state index is -0.245. The Labute approximate surface area is 160 Å². The highest BCUT2D eigenvalue weighted by molar-refractivity contribution is 7.09. The van der Waals surface area contributed by atoms with Crippen LogP contribution in [0.3, 0.4) is 0 Å². The van der Waals surface area contributed by atoms with Crippen LogP contribution in [0.15, 0.2) is 47.6 Å². The Hall–Kier alpha value is -2.14. The summed E-state index contributed by atoms with van der Waals surface area (Å²) in [7, 11) is 3.03. The zero-order chi connectivity index (χ0) is 19.4. The number of esters is 1. The van der Waals surface area contributed by atoms with Gasteiger partial charge in [-0.1, -0.05) is 50.6 Å². The first-order valence-corrected chi connectivity index (χ1v) is 9.65. The van der Waals surface area contributed by atoms with Gasteiger partial charge in [0.1, 0.15) is 0 Å². The molecule has 4 nitrogen and oxygen atoms in total. The van der Waals surface area contributed by atoms with Crippen LogP contribution in [0.4, 0.5) is 0 Å². The number of hydrogen-bond acceptors (Lipinski definition) is 5. The van der Waals surface area contributed by atoms with Crippen LogP contribution in [-0.4, -0.2) is 25.2 Å². The Morgan fingerprint density at radius 3 is 2.73 bits per heavy atom. The Morgan fingerprint density at radius 1 is 1.38 bits per heavy atom. The van der Waals surface area contributed by atoms with E-state index in [1.807, 2.05) is 6.08 Å². The summed E-state index contributed by atoms with van der Waals surface area (Å²) >= 11 is 1.76. The van der Waals surface area contributed by atoms with Crippen molar-refractivity contribution in [2.75, 3.05) is 14.2 Å². The molecule has 0 fully saturated rings. The van der Waals surface area contributed by atoms with Crippen LogP contribution in [0.5, 0.6) is 0 Å². The minimum Gasteiger partial charge on any atom is -0.504 e. The number of nitrogens with zero attached hydrogens (tertiary/aromatic N) is 1. The predicted octanol–water partition coefficient (Wildman–Crippen LogP) is 5.51. The van der Waals surface area contributed by atoms with E-state index in [-0.39, 0.29) is 11.9 Å². The number of allylic oxidation sites excluding steroid dienone is 6. The molecule has 2 rings (SSSR count). The van der Waals surface area contributed by atoms with Crippen LogP contribution in [0.25, 0.3) is 6.08 Å². The number of rotatable bonds is 6. The number of methoxy groups -OCH3 is 2. The van der Waals surface area contributed by atoms with Crippen molar-refractivity contribution in [1.82, 2.24) is 4.98 Å². The van der Waals surface area contributed by atoms with Gasteiger partial charge < -0.3 is 9.47 Å². The molecule has 1 aliphatic rings. The van der Waals surface area contributed by atoms with Gasteiger partial charge in [-0.3, -0.25) is 4.79 Å². The number of ether oxygens (including phenoxy) is 2. The number of carbonyl (C=O) groups is 1. The van der Waals surface area contributed by atoms with E-state index in [9.17, 15) is 4.79 Å². The molecule has 2 unspecified atom stereocenters. The van der Waals surface area contributed by atoms with Crippen molar-refractivity contribution >= 4 is 23.4 Å². The first kappa shape index (κ1) is 21.9. The van der Waals surface area contributed by atoms with Crippen LogP contribution in [0.1, 0.15) is 50.2 Å². The fourth-order valence-corrected chi connectivity index (χ4v) is 3.25. The zero-order valence-corrected chi connectivity index (χ0v) is 17.1. The lowest BCUT2D eigenvalue weighted by Gasteiger charge is -2.11. The molecule has 0 amide bonds. The maximum atomic E-state index is 9.59.